The SMILES string of the molecule is COc1ccc(Cl)cc1N1CC[C@@H](NC(=O)N2C[C@H](C)O[C@@H](C)C2)C1. The third-order valence-electron chi connectivity index (χ3n) is 4.70. The van der Waals surface area contributed by atoms with Crippen molar-refractivity contribution < 1.29 is 14.3 Å². The predicted octanol–water partition coefficient (Wildman–Crippen LogP) is 2.75. The molecule has 138 valence electrons. The number of carbonyl (C=O) groups is 1. The van der Waals surface area contributed by atoms with Gasteiger partial charge < -0.3 is 24.6 Å². The number of ether oxygens (including phenoxy) is 2. The van der Waals surface area contributed by atoms with Crippen LogP contribution in [0.3, 0.4) is 0 Å². The standard InChI is InChI=1S/C18H26ClN3O3/c1-12-9-22(10-13(2)25-12)18(23)20-15-6-7-21(11-15)16-8-14(19)4-5-17(16)24-3/h4-5,8,12-13,15H,6-7,9-11H2,1-3H3,(H,20,23)/t12-,13-,15+/m0/s1. The van der Waals surface area contributed by atoms with E-state index in [0.717, 1.165) is 30.9 Å². The Labute approximate surface area is 154 Å². The van der Waals surface area contributed by atoms with Gasteiger partial charge in [-0.05, 0) is 38.5 Å². The molecule has 0 radical (unpaired) electrons. The van der Waals surface area contributed by atoms with Gasteiger partial charge in [0, 0.05) is 37.2 Å². The molecule has 0 aliphatic carbocycles. The number of morpholine rings is 1. The van der Waals surface area contributed by atoms with Crippen molar-refractivity contribution in [1.29, 1.82) is 0 Å². The van der Waals surface area contributed by atoms with Crippen LogP contribution in [-0.4, -0.2) is 62.5 Å². The molecule has 1 aromatic carbocycles. The summed E-state index contributed by atoms with van der Waals surface area (Å²) < 4.78 is 11.1. The fraction of sp³-hybridized carbons (Fsp3) is 0.611. The van der Waals surface area contributed by atoms with Gasteiger partial charge in [-0.3, -0.25) is 0 Å². The third-order valence-corrected chi connectivity index (χ3v) is 4.94. The molecule has 2 aliphatic rings. The van der Waals surface area contributed by atoms with Crippen molar-refractivity contribution in [2.45, 2.75) is 38.5 Å². The Morgan fingerprint density at radius 3 is 2.68 bits per heavy atom. The smallest absolute Gasteiger partial charge is 0.317 e. The number of halogens is 1. The van der Waals surface area contributed by atoms with Crippen molar-refractivity contribution in [3.05, 3.63) is 23.2 Å². The highest BCUT2D eigenvalue weighted by atomic mass is 35.5. The van der Waals surface area contributed by atoms with Crippen LogP contribution in [0.5, 0.6) is 5.75 Å². The molecule has 0 unspecified atom stereocenters. The van der Waals surface area contributed by atoms with Gasteiger partial charge in [-0.15, -0.1) is 0 Å². The summed E-state index contributed by atoms with van der Waals surface area (Å²) in [5, 5.41) is 3.84. The van der Waals surface area contributed by atoms with E-state index in [0.29, 0.717) is 18.1 Å². The third kappa shape index (κ3) is 4.30. The van der Waals surface area contributed by atoms with Gasteiger partial charge in [0.1, 0.15) is 5.75 Å². The molecule has 7 heteroatoms. The van der Waals surface area contributed by atoms with E-state index < -0.39 is 0 Å². The van der Waals surface area contributed by atoms with Crippen LogP contribution in [0.25, 0.3) is 0 Å². The number of methoxy groups -OCH3 is 1. The Kier molecular flexibility index (Phi) is 5.59. The molecule has 0 bridgehead atoms. The first kappa shape index (κ1) is 18.1. The molecule has 2 heterocycles. The molecule has 3 atom stereocenters. The summed E-state index contributed by atoms with van der Waals surface area (Å²) in [7, 11) is 1.66. The van der Waals surface area contributed by atoms with Gasteiger partial charge in [-0.25, -0.2) is 4.79 Å². The molecule has 3 rings (SSSR count). The number of urea groups is 1. The minimum absolute atomic E-state index is 0.00749. The fourth-order valence-corrected chi connectivity index (χ4v) is 3.78. The monoisotopic (exact) mass is 367 g/mol. The van der Waals surface area contributed by atoms with Gasteiger partial charge >= 0.3 is 6.03 Å². The first-order chi connectivity index (χ1) is 12.0. The van der Waals surface area contributed by atoms with Gasteiger partial charge in [0.15, 0.2) is 0 Å². The first-order valence-electron chi connectivity index (χ1n) is 8.75. The van der Waals surface area contributed by atoms with Crippen molar-refractivity contribution in [3.63, 3.8) is 0 Å². The number of hydrogen-bond donors (Lipinski definition) is 1. The molecule has 2 amide bonds. The lowest BCUT2D eigenvalue weighted by Gasteiger charge is -2.35. The number of hydrogen-bond acceptors (Lipinski definition) is 4. The lowest BCUT2D eigenvalue weighted by Crippen LogP contribution is -2.53. The zero-order valence-corrected chi connectivity index (χ0v) is 15.8. The molecule has 2 fully saturated rings. The highest BCUT2D eigenvalue weighted by molar-refractivity contribution is 6.30. The molecule has 2 aliphatic heterocycles. The molecular formula is C18H26ClN3O3. The summed E-state index contributed by atoms with van der Waals surface area (Å²) in [6.07, 6.45) is 1.05. The van der Waals surface area contributed by atoms with Crippen LogP contribution in [0.2, 0.25) is 5.02 Å². The predicted molar refractivity (Wildman–Crippen MR) is 98.7 cm³/mol. The average Bonchev–Trinajstić information content (AvgIpc) is 3.02. The molecule has 1 aromatic rings. The van der Waals surface area contributed by atoms with Gasteiger partial charge in [-0.1, -0.05) is 11.6 Å². The Morgan fingerprint density at radius 2 is 2.00 bits per heavy atom. The number of carbonyl (C=O) groups excluding carboxylic acids is 1. The summed E-state index contributed by atoms with van der Waals surface area (Å²) in [6, 6.07) is 5.72. The van der Waals surface area contributed by atoms with Gasteiger partial charge in [-0.2, -0.15) is 0 Å². The Hall–Kier alpha value is -1.66. The lowest BCUT2D eigenvalue weighted by molar-refractivity contribution is -0.0547. The summed E-state index contributed by atoms with van der Waals surface area (Å²) >= 11 is 6.13. The van der Waals surface area contributed by atoms with E-state index in [-0.39, 0.29) is 24.3 Å². The maximum atomic E-state index is 12.6. The van der Waals surface area contributed by atoms with Crippen molar-refractivity contribution in [2.24, 2.45) is 0 Å². The normalized spacial score (nSPS) is 26.6. The largest absolute Gasteiger partial charge is 0.495 e. The molecular weight excluding hydrogens is 342 g/mol. The summed E-state index contributed by atoms with van der Waals surface area (Å²) in [4.78, 5) is 16.6. The second-order valence-corrected chi connectivity index (χ2v) is 7.30. The highest BCUT2D eigenvalue weighted by Crippen LogP contribution is 2.33. The number of nitrogens with one attached hydrogen (secondary N) is 1. The van der Waals surface area contributed by atoms with E-state index in [2.05, 4.69) is 10.2 Å². The Morgan fingerprint density at radius 1 is 1.28 bits per heavy atom. The summed E-state index contributed by atoms with van der Waals surface area (Å²) in [5.41, 5.74) is 0.973. The highest BCUT2D eigenvalue weighted by Gasteiger charge is 2.30. The van der Waals surface area contributed by atoms with Gasteiger partial charge in [0.25, 0.3) is 0 Å². The van der Waals surface area contributed by atoms with Crippen LogP contribution in [0.4, 0.5) is 10.5 Å². The molecule has 6 nitrogen and oxygen atoms in total. The maximum Gasteiger partial charge on any atom is 0.317 e. The number of amides is 2. The fourth-order valence-electron chi connectivity index (χ4n) is 3.62. The second-order valence-electron chi connectivity index (χ2n) is 6.86. The van der Waals surface area contributed by atoms with E-state index in [1.165, 1.54) is 0 Å². The second kappa shape index (κ2) is 7.70. The summed E-state index contributed by atoms with van der Waals surface area (Å²) in [5.74, 6) is 0.798. The van der Waals surface area contributed by atoms with Crippen molar-refractivity contribution in [1.82, 2.24) is 10.2 Å². The minimum Gasteiger partial charge on any atom is -0.495 e. The van der Waals surface area contributed by atoms with Gasteiger partial charge in [0.05, 0.1) is 25.0 Å². The van der Waals surface area contributed by atoms with E-state index in [1.54, 1.807) is 7.11 Å². The van der Waals surface area contributed by atoms with Crippen LogP contribution in [0, 0.1) is 0 Å². The Bertz CT molecular complexity index is 618. The number of benzene rings is 1. The zero-order chi connectivity index (χ0) is 18.0. The molecule has 1 N–H and O–H groups in total. The van der Waals surface area contributed by atoms with Crippen LogP contribution in [0.15, 0.2) is 18.2 Å². The van der Waals surface area contributed by atoms with Crippen LogP contribution in [0.1, 0.15) is 20.3 Å². The van der Waals surface area contributed by atoms with Crippen molar-refractivity contribution in [2.75, 3.05) is 38.2 Å². The zero-order valence-electron chi connectivity index (χ0n) is 15.0. The van der Waals surface area contributed by atoms with Crippen molar-refractivity contribution in [3.8, 4) is 5.75 Å². The minimum atomic E-state index is -0.00749. The quantitative estimate of drug-likeness (QED) is 0.892. The van der Waals surface area contributed by atoms with Crippen LogP contribution >= 0.6 is 11.6 Å². The number of anilines is 1. The Balaban J connectivity index is 1.60. The first-order valence-corrected chi connectivity index (χ1v) is 9.13. The van der Waals surface area contributed by atoms with Gasteiger partial charge in [0.2, 0.25) is 0 Å². The van der Waals surface area contributed by atoms with Crippen LogP contribution in [-0.2, 0) is 4.74 Å². The number of nitrogens with zero attached hydrogens (tertiary/aromatic N) is 2. The van der Waals surface area contributed by atoms with E-state index >= 15 is 0 Å². The molecule has 0 spiro atoms. The van der Waals surface area contributed by atoms with Crippen LogP contribution < -0.4 is 15.0 Å². The van der Waals surface area contributed by atoms with Crippen molar-refractivity contribution >= 4 is 23.3 Å². The molecule has 0 saturated carbocycles. The molecule has 0 aromatic heterocycles. The number of rotatable bonds is 3. The lowest BCUT2D eigenvalue weighted by atomic mass is 10.2. The molecule has 25 heavy (non-hydrogen) atoms. The van der Waals surface area contributed by atoms with E-state index in [4.69, 9.17) is 21.1 Å². The summed E-state index contributed by atoms with van der Waals surface area (Å²) in [6.45, 7) is 6.87. The maximum absolute atomic E-state index is 12.6. The van der Waals surface area contributed by atoms with E-state index in [9.17, 15) is 4.79 Å². The molecule has 2 saturated heterocycles. The van der Waals surface area contributed by atoms with E-state index in [1.807, 2.05) is 36.9 Å². The average molecular weight is 368 g/mol. The topological polar surface area (TPSA) is 54.0 Å².